The number of carboxylic acid groups (broad SMARTS) is 1. The number of thioether (sulfide) groups is 1. The van der Waals surface area contributed by atoms with Crippen molar-refractivity contribution in [3.8, 4) is 22.6 Å². The lowest BCUT2D eigenvalue weighted by Crippen LogP contribution is -2.31. The van der Waals surface area contributed by atoms with E-state index in [1.54, 1.807) is 28.9 Å². The van der Waals surface area contributed by atoms with Gasteiger partial charge in [-0.2, -0.15) is 4.68 Å². The summed E-state index contributed by atoms with van der Waals surface area (Å²) in [6.07, 6.45) is 0.796. The van der Waals surface area contributed by atoms with Crippen LogP contribution in [0.2, 0.25) is 0 Å². The molecular weight excluding hydrogens is 671 g/mol. The molecule has 13 heteroatoms. The lowest BCUT2D eigenvalue weighted by molar-refractivity contribution is -0.245. The second-order valence-corrected chi connectivity index (χ2v) is 13.2. The van der Waals surface area contributed by atoms with Crippen LogP contribution in [0.3, 0.4) is 0 Å². The number of aromatic nitrogens is 4. The highest BCUT2D eigenvalue weighted by atomic mass is 32.2. The molecule has 0 saturated carbocycles. The molecule has 4 aromatic carbocycles. The molecule has 1 saturated heterocycles. The molecule has 0 bridgehead atoms. The van der Waals surface area contributed by atoms with Crippen LogP contribution in [0.4, 0.5) is 0 Å². The Hall–Kier alpha value is -5.08. The summed E-state index contributed by atoms with van der Waals surface area (Å²) in [5, 5.41) is 43.8. The Morgan fingerprint density at radius 2 is 1.61 bits per heavy atom. The molecule has 264 valence electrons. The van der Waals surface area contributed by atoms with E-state index in [1.165, 1.54) is 11.8 Å². The summed E-state index contributed by atoms with van der Waals surface area (Å²) in [6.45, 7) is 0.327. The topological polar surface area (TPSA) is 169 Å². The van der Waals surface area contributed by atoms with Crippen molar-refractivity contribution >= 4 is 23.6 Å². The molecule has 0 aliphatic carbocycles. The number of amides is 1. The first kappa shape index (κ1) is 35.7. The summed E-state index contributed by atoms with van der Waals surface area (Å²) >= 11 is 1.47. The summed E-state index contributed by atoms with van der Waals surface area (Å²) < 4.78 is 14.8. The fourth-order valence-electron chi connectivity index (χ4n) is 5.79. The van der Waals surface area contributed by atoms with Gasteiger partial charge in [-0.3, -0.25) is 9.59 Å². The number of tetrazole rings is 1. The molecule has 1 amide bonds. The number of aromatic hydroxyl groups is 1. The predicted octanol–water partition coefficient (Wildman–Crippen LogP) is 6.13. The van der Waals surface area contributed by atoms with Gasteiger partial charge < -0.3 is 30.1 Å². The molecule has 1 fully saturated rings. The minimum Gasteiger partial charge on any atom is -0.508 e. The molecule has 1 aliphatic rings. The van der Waals surface area contributed by atoms with Gasteiger partial charge in [0.05, 0.1) is 24.5 Å². The number of phenols is 1. The summed E-state index contributed by atoms with van der Waals surface area (Å²) in [6, 6.07) is 30.4. The number of nitrogens with zero attached hydrogens (tertiary/aromatic N) is 4. The van der Waals surface area contributed by atoms with Crippen molar-refractivity contribution in [1.82, 2.24) is 25.5 Å². The lowest BCUT2D eigenvalue weighted by atomic mass is 9.99. The van der Waals surface area contributed by atoms with Gasteiger partial charge in [-0.15, -0.1) is 5.10 Å². The number of ether oxygens (including phenoxy) is 2. The van der Waals surface area contributed by atoms with Crippen molar-refractivity contribution in [1.29, 1.82) is 0 Å². The highest BCUT2D eigenvalue weighted by molar-refractivity contribution is 7.99. The van der Waals surface area contributed by atoms with Gasteiger partial charge in [-0.05, 0) is 87.5 Å². The number of carbonyl (C=O) groups is 2. The quantitative estimate of drug-likeness (QED) is 0.0729. The first-order valence-corrected chi connectivity index (χ1v) is 17.7. The fourth-order valence-corrected chi connectivity index (χ4v) is 6.70. The van der Waals surface area contributed by atoms with Crippen molar-refractivity contribution in [2.75, 3.05) is 5.75 Å². The third kappa shape index (κ3) is 9.79. The Balaban J connectivity index is 1.16. The maximum atomic E-state index is 12.3. The predicted molar refractivity (Wildman–Crippen MR) is 190 cm³/mol. The summed E-state index contributed by atoms with van der Waals surface area (Å²) in [5.74, 6) is -0.252. The van der Waals surface area contributed by atoms with Crippen molar-refractivity contribution in [2.45, 2.75) is 68.9 Å². The number of nitrogens with one attached hydrogen (secondary N) is 1. The molecule has 0 radical (unpaired) electrons. The number of hydrogen-bond acceptors (Lipinski definition) is 10. The number of benzene rings is 4. The minimum atomic E-state index is -0.854. The Kier molecular flexibility index (Phi) is 12.1. The minimum absolute atomic E-state index is 0.0402. The van der Waals surface area contributed by atoms with Gasteiger partial charge >= 0.3 is 5.97 Å². The smallest absolute Gasteiger partial charge is 0.303 e. The van der Waals surface area contributed by atoms with Crippen molar-refractivity contribution in [3.05, 3.63) is 119 Å². The molecule has 51 heavy (non-hydrogen) atoms. The van der Waals surface area contributed by atoms with E-state index in [-0.39, 0.29) is 43.3 Å². The molecule has 0 unspecified atom stereocenters. The van der Waals surface area contributed by atoms with E-state index in [4.69, 9.17) is 14.6 Å². The Bertz CT molecular complexity index is 1920. The Labute approximate surface area is 299 Å². The van der Waals surface area contributed by atoms with Crippen LogP contribution in [0.25, 0.3) is 16.8 Å². The highest BCUT2D eigenvalue weighted by Crippen LogP contribution is 2.40. The van der Waals surface area contributed by atoms with Crippen LogP contribution < -0.4 is 5.32 Å². The molecule has 0 spiro atoms. The first-order valence-electron chi connectivity index (χ1n) is 16.7. The number of aliphatic hydroxyl groups excluding tert-OH is 1. The lowest BCUT2D eigenvalue weighted by Gasteiger charge is -2.36. The van der Waals surface area contributed by atoms with Gasteiger partial charge in [0.2, 0.25) is 11.1 Å². The molecule has 5 aromatic rings. The van der Waals surface area contributed by atoms with Gasteiger partial charge in [-0.1, -0.05) is 72.4 Å². The highest BCUT2D eigenvalue weighted by Gasteiger charge is 2.33. The van der Waals surface area contributed by atoms with Crippen molar-refractivity contribution < 1.29 is 34.4 Å². The van der Waals surface area contributed by atoms with E-state index < -0.39 is 12.3 Å². The third-order valence-corrected chi connectivity index (χ3v) is 9.55. The van der Waals surface area contributed by atoms with E-state index in [2.05, 4.69) is 26.9 Å². The standard InChI is InChI=1S/C38H39N5O7S/c44-23-25-11-13-27(14-12-25)34-21-33(24-51-38-40-41-42-43(38)31-15-17-32(45)18-16-31)49-37(50-34)30-8-4-7-29(20-30)28-6-3-5-26(19-28)22-39-35(46)9-1-2-10-36(47)48/h3-8,11-20,33-34,37,44-45H,1-2,9-10,21-24H2,(H,39,46)(H,47,48)/t33-,34+,37+/m0/s1. The molecule has 6 rings (SSSR count). The normalized spacial score (nSPS) is 17.2. The number of unbranched alkanes of at least 4 members (excludes halogenated alkanes) is 1. The molecular formula is C38H39N5O7S. The van der Waals surface area contributed by atoms with Crippen molar-refractivity contribution in [3.63, 3.8) is 0 Å². The van der Waals surface area contributed by atoms with Crippen LogP contribution in [-0.4, -0.2) is 59.3 Å². The van der Waals surface area contributed by atoms with Crippen LogP contribution in [0.15, 0.2) is 102 Å². The van der Waals surface area contributed by atoms with Gasteiger partial charge in [0.15, 0.2) is 6.29 Å². The van der Waals surface area contributed by atoms with Gasteiger partial charge in [0.25, 0.3) is 0 Å². The van der Waals surface area contributed by atoms with E-state index in [0.29, 0.717) is 36.7 Å². The molecule has 12 nitrogen and oxygen atoms in total. The maximum Gasteiger partial charge on any atom is 0.303 e. The number of carbonyl (C=O) groups excluding carboxylic acids is 1. The molecule has 2 heterocycles. The average molecular weight is 710 g/mol. The van der Waals surface area contributed by atoms with E-state index in [1.807, 2.05) is 66.7 Å². The summed E-state index contributed by atoms with van der Waals surface area (Å²) in [4.78, 5) is 23.0. The summed E-state index contributed by atoms with van der Waals surface area (Å²) in [5.41, 5.74) is 6.27. The van der Waals surface area contributed by atoms with Crippen LogP contribution >= 0.6 is 11.8 Å². The zero-order chi connectivity index (χ0) is 35.6. The second kappa shape index (κ2) is 17.2. The van der Waals surface area contributed by atoms with Crippen LogP contribution in [-0.2, 0) is 32.2 Å². The fraction of sp³-hybridized carbons (Fsp3) is 0.289. The number of carboxylic acids is 1. The van der Waals surface area contributed by atoms with Crippen molar-refractivity contribution in [2.24, 2.45) is 0 Å². The first-order chi connectivity index (χ1) is 24.8. The number of aliphatic hydroxyl groups is 1. The zero-order valence-corrected chi connectivity index (χ0v) is 28.6. The molecule has 4 N–H and O–H groups in total. The monoisotopic (exact) mass is 709 g/mol. The maximum absolute atomic E-state index is 12.3. The van der Waals surface area contributed by atoms with Gasteiger partial charge in [0, 0.05) is 37.1 Å². The van der Waals surface area contributed by atoms with E-state index >= 15 is 0 Å². The Morgan fingerprint density at radius 3 is 2.37 bits per heavy atom. The van der Waals surface area contributed by atoms with E-state index in [0.717, 1.165) is 39.1 Å². The summed E-state index contributed by atoms with van der Waals surface area (Å²) in [7, 11) is 0. The average Bonchev–Trinajstić information content (AvgIpc) is 3.64. The second-order valence-electron chi connectivity index (χ2n) is 12.3. The van der Waals surface area contributed by atoms with Crippen LogP contribution in [0.5, 0.6) is 5.75 Å². The van der Waals surface area contributed by atoms with Crippen LogP contribution in [0, 0.1) is 0 Å². The largest absolute Gasteiger partial charge is 0.508 e. The number of aliphatic carboxylic acids is 1. The third-order valence-electron chi connectivity index (χ3n) is 8.50. The zero-order valence-electron chi connectivity index (χ0n) is 27.8. The molecule has 3 atom stereocenters. The number of phenolic OH excluding ortho intramolecular Hbond substituents is 1. The van der Waals surface area contributed by atoms with Gasteiger partial charge in [0.1, 0.15) is 5.75 Å². The number of rotatable bonds is 15. The van der Waals surface area contributed by atoms with Gasteiger partial charge in [-0.25, -0.2) is 0 Å². The van der Waals surface area contributed by atoms with Crippen LogP contribution in [0.1, 0.15) is 66.8 Å². The Morgan fingerprint density at radius 1 is 0.863 bits per heavy atom. The molecule has 1 aliphatic heterocycles. The van der Waals surface area contributed by atoms with E-state index in [9.17, 15) is 19.8 Å². The SMILES string of the molecule is O=C(O)CCCCC(=O)NCc1cccc(-c2cccc([C@@H]3O[C@H](CSc4nnnn4-c4ccc(O)cc4)C[C@H](c4ccc(CO)cc4)O3)c2)c1. The number of hydrogen-bond donors (Lipinski definition) is 4. The molecule has 1 aromatic heterocycles.